The molecule has 3 aromatic heterocycles. The van der Waals surface area contributed by atoms with Crippen LogP contribution in [0.3, 0.4) is 0 Å². The Morgan fingerprint density at radius 2 is 1.89 bits per heavy atom. The molecule has 38 heavy (non-hydrogen) atoms. The number of fused-ring (bicyclic) bond motifs is 2. The van der Waals surface area contributed by atoms with Gasteiger partial charge in [0, 0.05) is 64.2 Å². The van der Waals surface area contributed by atoms with Gasteiger partial charge in [0.05, 0.1) is 17.4 Å². The molecule has 0 saturated carbocycles. The summed E-state index contributed by atoms with van der Waals surface area (Å²) in [5.41, 5.74) is 1.78. The first-order valence-electron chi connectivity index (χ1n) is 12.3. The van der Waals surface area contributed by atoms with Crippen LogP contribution >= 0.6 is 22.9 Å². The van der Waals surface area contributed by atoms with Crippen molar-refractivity contribution in [2.75, 3.05) is 18.0 Å². The predicted molar refractivity (Wildman–Crippen MR) is 153 cm³/mol. The van der Waals surface area contributed by atoms with Crippen LogP contribution in [0.15, 0.2) is 70.5 Å². The van der Waals surface area contributed by atoms with Crippen LogP contribution < -0.4 is 21.5 Å². The van der Waals surface area contributed by atoms with Crippen LogP contribution in [-0.2, 0) is 4.79 Å². The Bertz CT molecular complexity index is 1820. The predicted octanol–water partition coefficient (Wildman–Crippen LogP) is 4.71. The molecule has 6 rings (SSSR count). The number of thiophene rings is 1. The highest BCUT2D eigenvalue weighted by Gasteiger charge is 2.21. The quantitative estimate of drug-likeness (QED) is 0.340. The molecule has 1 aliphatic heterocycles. The van der Waals surface area contributed by atoms with Gasteiger partial charge in [0.25, 0.3) is 5.56 Å². The van der Waals surface area contributed by atoms with Crippen LogP contribution in [0.25, 0.3) is 37.1 Å². The number of aromatic nitrogens is 3. The minimum Gasteiger partial charge on any atom is -0.371 e. The van der Waals surface area contributed by atoms with E-state index in [4.69, 9.17) is 11.6 Å². The molecule has 0 spiro atoms. The maximum Gasteiger partial charge on any atom is 0.333 e. The molecule has 1 saturated heterocycles. The molecule has 1 amide bonds. The van der Waals surface area contributed by atoms with Gasteiger partial charge < -0.3 is 15.2 Å². The molecular formula is C28H24ClN5O3S. The Kier molecular flexibility index (Phi) is 6.25. The lowest BCUT2D eigenvalue weighted by Gasteiger charge is -2.34. The Morgan fingerprint density at radius 1 is 1.11 bits per heavy atom. The van der Waals surface area contributed by atoms with Crippen LogP contribution in [0.1, 0.15) is 19.8 Å². The molecule has 2 N–H and O–H groups in total. The van der Waals surface area contributed by atoms with Crippen LogP contribution in [0.5, 0.6) is 0 Å². The van der Waals surface area contributed by atoms with Gasteiger partial charge >= 0.3 is 5.69 Å². The van der Waals surface area contributed by atoms with E-state index in [0.29, 0.717) is 20.9 Å². The summed E-state index contributed by atoms with van der Waals surface area (Å²) in [4.78, 5) is 48.6. The number of nitrogens with one attached hydrogen (secondary N) is 2. The van der Waals surface area contributed by atoms with Crippen LogP contribution in [-0.4, -0.2) is 39.6 Å². The molecule has 0 atom stereocenters. The standard InChI is InChI=1S/C28H24ClN5O3S/c1-16(35)31-18-8-10-33(11-9-18)19-7-6-17-14-30-15-24(21(17)12-19)34-27(36)26-23(32-28(34)37)13-25(38-26)20-4-2-3-5-22(20)29/h2-7,12-15,18H,8-11H2,1H3,(H,31,35)(H,32,37). The third kappa shape index (κ3) is 4.37. The molecule has 2 aromatic carbocycles. The van der Waals surface area contributed by atoms with Crippen LogP contribution in [0, 0.1) is 0 Å². The van der Waals surface area contributed by atoms with Gasteiger partial charge in [-0.05, 0) is 37.1 Å². The highest BCUT2D eigenvalue weighted by molar-refractivity contribution is 7.22. The molecular weight excluding hydrogens is 522 g/mol. The van der Waals surface area contributed by atoms with Crippen molar-refractivity contribution in [2.45, 2.75) is 25.8 Å². The van der Waals surface area contributed by atoms with Gasteiger partial charge in [-0.3, -0.25) is 14.6 Å². The maximum atomic E-state index is 13.7. The number of rotatable bonds is 4. The second kappa shape index (κ2) is 9.74. The average Bonchev–Trinajstić information content (AvgIpc) is 3.33. The normalized spacial score (nSPS) is 14.3. The van der Waals surface area contributed by atoms with Crippen LogP contribution in [0.2, 0.25) is 5.02 Å². The number of carbonyl (C=O) groups is 1. The number of hydrogen-bond donors (Lipinski definition) is 2. The zero-order valence-corrected chi connectivity index (χ0v) is 22.1. The van der Waals surface area contributed by atoms with Crippen molar-refractivity contribution in [2.24, 2.45) is 0 Å². The molecule has 0 aliphatic carbocycles. The van der Waals surface area contributed by atoms with Gasteiger partial charge in [0.1, 0.15) is 4.70 Å². The van der Waals surface area contributed by atoms with E-state index in [2.05, 4.69) is 20.2 Å². The van der Waals surface area contributed by atoms with Crippen molar-refractivity contribution in [3.63, 3.8) is 0 Å². The van der Waals surface area contributed by atoms with Gasteiger partial charge in [-0.2, -0.15) is 0 Å². The smallest absolute Gasteiger partial charge is 0.333 e. The summed E-state index contributed by atoms with van der Waals surface area (Å²) in [7, 11) is 0. The van der Waals surface area contributed by atoms with E-state index in [1.54, 1.807) is 31.5 Å². The molecule has 4 heterocycles. The molecule has 1 aliphatic rings. The molecule has 0 radical (unpaired) electrons. The summed E-state index contributed by atoms with van der Waals surface area (Å²) in [5.74, 6) is -0.0105. The van der Waals surface area contributed by atoms with Crippen molar-refractivity contribution < 1.29 is 4.79 Å². The average molecular weight is 546 g/mol. The first-order chi connectivity index (χ1) is 18.4. The molecule has 5 aromatic rings. The zero-order chi connectivity index (χ0) is 26.4. The number of amides is 1. The number of anilines is 1. The zero-order valence-electron chi connectivity index (χ0n) is 20.5. The summed E-state index contributed by atoms with van der Waals surface area (Å²) < 4.78 is 1.60. The fraction of sp³-hybridized carbons (Fsp3) is 0.214. The topological polar surface area (TPSA) is 100 Å². The van der Waals surface area contributed by atoms with Gasteiger partial charge in [0.15, 0.2) is 0 Å². The van der Waals surface area contributed by atoms with Crippen LogP contribution in [0.4, 0.5) is 5.69 Å². The summed E-state index contributed by atoms with van der Waals surface area (Å²) in [6.07, 6.45) is 4.98. The molecule has 10 heteroatoms. The first-order valence-corrected chi connectivity index (χ1v) is 13.5. The fourth-order valence-electron chi connectivity index (χ4n) is 5.10. The maximum absolute atomic E-state index is 13.7. The van der Waals surface area contributed by atoms with Crippen molar-refractivity contribution in [3.05, 3.63) is 86.8 Å². The number of hydrogen-bond acceptors (Lipinski definition) is 6. The molecule has 0 unspecified atom stereocenters. The van der Waals surface area contributed by atoms with E-state index in [-0.39, 0.29) is 11.9 Å². The lowest BCUT2D eigenvalue weighted by molar-refractivity contribution is -0.119. The Morgan fingerprint density at radius 3 is 2.66 bits per heavy atom. The first kappa shape index (κ1) is 24.4. The number of pyridine rings is 1. The number of benzene rings is 2. The van der Waals surface area contributed by atoms with Crippen molar-refractivity contribution in [1.82, 2.24) is 19.9 Å². The van der Waals surface area contributed by atoms with E-state index in [9.17, 15) is 14.4 Å². The van der Waals surface area contributed by atoms with Gasteiger partial charge in [-0.25, -0.2) is 9.36 Å². The van der Waals surface area contributed by atoms with E-state index in [1.165, 1.54) is 11.3 Å². The number of H-pyrrole nitrogens is 1. The third-order valence-corrected chi connectivity index (χ3v) is 8.43. The van der Waals surface area contributed by atoms with E-state index in [1.807, 2.05) is 36.4 Å². The number of carbonyl (C=O) groups excluding carboxylic acids is 1. The SMILES string of the molecule is CC(=O)NC1CCN(c2ccc3cncc(-n4c(=O)[nH]c5cc(-c6ccccc6Cl)sc5c4=O)c3c2)CC1. The Labute approximate surface area is 226 Å². The lowest BCUT2D eigenvalue weighted by Crippen LogP contribution is -2.44. The van der Waals surface area contributed by atoms with Gasteiger partial charge in [0.2, 0.25) is 5.91 Å². The van der Waals surface area contributed by atoms with E-state index in [0.717, 1.165) is 57.4 Å². The molecule has 0 bridgehead atoms. The van der Waals surface area contributed by atoms with E-state index < -0.39 is 11.2 Å². The highest BCUT2D eigenvalue weighted by Crippen LogP contribution is 2.35. The Balaban J connectivity index is 1.43. The number of aromatic amines is 1. The second-order valence-electron chi connectivity index (χ2n) is 9.43. The monoisotopic (exact) mass is 545 g/mol. The summed E-state index contributed by atoms with van der Waals surface area (Å²) in [6, 6.07) is 15.4. The highest BCUT2D eigenvalue weighted by atomic mass is 35.5. The minimum atomic E-state index is -0.526. The number of halogens is 1. The Hall–Kier alpha value is -3.95. The summed E-state index contributed by atoms with van der Waals surface area (Å²) in [6.45, 7) is 3.13. The van der Waals surface area contributed by atoms with E-state index >= 15 is 0 Å². The summed E-state index contributed by atoms with van der Waals surface area (Å²) in [5, 5.41) is 5.17. The molecule has 8 nitrogen and oxygen atoms in total. The van der Waals surface area contributed by atoms with Crippen molar-refractivity contribution >= 4 is 55.5 Å². The minimum absolute atomic E-state index is 0.0105. The molecule has 1 fully saturated rings. The molecule has 192 valence electrons. The van der Waals surface area contributed by atoms with Gasteiger partial charge in [-0.1, -0.05) is 35.9 Å². The lowest BCUT2D eigenvalue weighted by atomic mass is 10.0. The second-order valence-corrected chi connectivity index (χ2v) is 10.9. The summed E-state index contributed by atoms with van der Waals surface area (Å²) >= 11 is 7.68. The number of piperidine rings is 1. The van der Waals surface area contributed by atoms with Gasteiger partial charge in [-0.15, -0.1) is 11.3 Å². The number of nitrogens with zero attached hydrogens (tertiary/aromatic N) is 3. The van der Waals surface area contributed by atoms with Crippen molar-refractivity contribution in [1.29, 1.82) is 0 Å². The third-order valence-electron chi connectivity index (χ3n) is 6.95. The van der Waals surface area contributed by atoms with Crippen molar-refractivity contribution in [3.8, 4) is 16.1 Å². The largest absolute Gasteiger partial charge is 0.371 e. The fourth-order valence-corrected chi connectivity index (χ4v) is 6.48.